The topological polar surface area (TPSA) is 12.5 Å². The van der Waals surface area contributed by atoms with Gasteiger partial charge < -0.3 is 9.64 Å². The lowest BCUT2D eigenvalue weighted by molar-refractivity contribution is 0.123. The lowest BCUT2D eigenvalue weighted by Crippen LogP contribution is -2.36. The predicted octanol–water partition coefficient (Wildman–Crippen LogP) is 4.97. The molecule has 122 valence electrons. The zero-order valence-corrected chi connectivity index (χ0v) is 14.1. The molecule has 1 saturated heterocycles. The molecular formula is C21H27NO. The van der Waals surface area contributed by atoms with Crippen molar-refractivity contribution < 1.29 is 4.74 Å². The van der Waals surface area contributed by atoms with Crippen LogP contribution in [0.15, 0.2) is 36.4 Å². The molecule has 2 aromatic rings. The molecule has 0 spiro atoms. The maximum Gasteiger partial charge on any atom is 0.0642 e. The molecule has 2 heteroatoms. The number of hydrogen-bond donors (Lipinski definition) is 0. The molecule has 2 nitrogen and oxygen atoms in total. The van der Waals surface area contributed by atoms with E-state index in [1.807, 2.05) is 0 Å². The zero-order chi connectivity index (χ0) is 15.6. The van der Waals surface area contributed by atoms with E-state index in [0.29, 0.717) is 0 Å². The Morgan fingerprint density at radius 3 is 2.52 bits per heavy atom. The summed E-state index contributed by atoms with van der Waals surface area (Å²) >= 11 is 0. The van der Waals surface area contributed by atoms with E-state index in [-0.39, 0.29) is 0 Å². The van der Waals surface area contributed by atoms with E-state index in [2.05, 4.69) is 48.2 Å². The van der Waals surface area contributed by atoms with Crippen molar-refractivity contribution in [1.82, 2.24) is 0 Å². The number of anilines is 1. The summed E-state index contributed by atoms with van der Waals surface area (Å²) in [5, 5.41) is 2.78. The quantitative estimate of drug-likeness (QED) is 0.776. The fraction of sp³-hybridized carbons (Fsp3) is 0.524. The summed E-state index contributed by atoms with van der Waals surface area (Å²) in [6, 6.07) is 13.9. The molecule has 0 N–H and O–H groups in total. The minimum absolute atomic E-state index is 0.758. The van der Waals surface area contributed by atoms with E-state index < -0.39 is 0 Å². The number of nitrogens with zero attached hydrogens (tertiary/aromatic N) is 1. The van der Waals surface area contributed by atoms with E-state index in [1.165, 1.54) is 42.1 Å². The molecule has 0 unspecified atom stereocenters. The van der Waals surface area contributed by atoms with Gasteiger partial charge in [0.15, 0.2) is 0 Å². The molecule has 1 saturated carbocycles. The van der Waals surface area contributed by atoms with Gasteiger partial charge in [0.2, 0.25) is 0 Å². The largest absolute Gasteiger partial charge is 0.378 e. The summed E-state index contributed by atoms with van der Waals surface area (Å²) in [7, 11) is 0. The monoisotopic (exact) mass is 309 g/mol. The highest BCUT2D eigenvalue weighted by atomic mass is 16.5. The van der Waals surface area contributed by atoms with Gasteiger partial charge in [-0.1, -0.05) is 44.0 Å². The standard InChI is InChI=1S/C21H27NO/c1-16-5-7-17(8-6-16)19-10-9-18-3-2-4-21(20(18)15-19)22-11-13-23-14-12-22/h2-4,9-10,15-17H,5-8,11-14H2,1H3. The van der Waals surface area contributed by atoms with Crippen LogP contribution in [0.1, 0.15) is 44.1 Å². The van der Waals surface area contributed by atoms with Crippen molar-refractivity contribution in [3.05, 3.63) is 42.0 Å². The van der Waals surface area contributed by atoms with Crippen molar-refractivity contribution in [2.45, 2.75) is 38.5 Å². The molecule has 0 bridgehead atoms. The van der Waals surface area contributed by atoms with Gasteiger partial charge in [-0.05, 0) is 47.8 Å². The Kier molecular flexibility index (Phi) is 4.26. The Morgan fingerprint density at radius 2 is 1.74 bits per heavy atom. The highest BCUT2D eigenvalue weighted by Crippen LogP contribution is 2.38. The zero-order valence-electron chi connectivity index (χ0n) is 14.1. The van der Waals surface area contributed by atoms with Crippen LogP contribution in [-0.2, 0) is 4.74 Å². The Morgan fingerprint density at radius 1 is 0.957 bits per heavy atom. The average Bonchev–Trinajstić information content (AvgIpc) is 2.62. The van der Waals surface area contributed by atoms with Crippen LogP contribution >= 0.6 is 0 Å². The molecule has 0 aromatic heterocycles. The van der Waals surface area contributed by atoms with Crippen molar-refractivity contribution >= 4 is 16.5 Å². The maximum atomic E-state index is 5.52. The first-order chi connectivity index (χ1) is 11.3. The highest BCUT2D eigenvalue weighted by Gasteiger charge is 2.21. The Balaban J connectivity index is 1.69. The third-order valence-corrected chi connectivity index (χ3v) is 5.72. The fourth-order valence-electron chi connectivity index (χ4n) is 4.20. The fourth-order valence-corrected chi connectivity index (χ4v) is 4.20. The van der Waals surface area contributed by atoms with Crippen molar-refractivity contribution in [1.29, 1.82) is 0 Å². The third kappa shape index (κ3) is 3.10. The van der Waals surface area contributed by atoms with Gasteiger partial charge in [-0.25, -0.2) is 0 Å². The van der Waals surface area contributed by atoms with Gasteiger partial charge in [0.05, 0.1) is 13.2 Å². The third-order valence-electron chi connectivity index (χ3n) is 5.72. The molecule has 0 amide bonds. The molecule has 1 aliphatic carbocycles. The van der Waals surface area contributed by atoms with Crippen LogP contribution in [0.3, 0.4) is 0 Å². The minimum Gasteiger partial charge on any atom is -0.378 e. The van der Waals surface area contributed by atoms with E-state index in [0.717, 1.165) is 38.1 Å². The van der Waals surface area contributed by atoms with E-state index in [9.17, 15) is 0 Å². The van der Waals surface area contributed by atoms with Gasteiger partial charge in [0.25, 0.3) is 0 Å². The number of fused-ring (bicyclic) bond motifs is 1. The lowest BCUT2D eigenvalue weighted by atomic mass is 9.79. The summed E-state index contributed by atoms with van der Waals surface area (Å²) in [6.45, 7) is 6.09. The molecule has 23 heavy (non-hydrogen) atoms. The Hall–Kier alpha value is -1.54. The van der Waals surface area contributed by atoms with Crippen molar-refractivity contribution in [3.63, 3.8) is 0 Å². The summed E-state index contributed by atoms with van der Waals surface area (Å²) in [6.07, 6.45) is 5.47. The molecule has 2 aromatic carbocycles. The number of morpholine rings is 1. The average molecular weight is 309 g/mol. The van der Waals surface area contributed by atoms with Gasteiger partial charge >= 0.3 is 0 Å². The second-order valence-corrected chi connectivity index (χ2v) is 7.31. The first-order valence-electron chi connectivity index (χ1n) is 9.16. The van der Waals surface area contributed by atoms with Gasteiger partial charge in [-0.2, -0.15) is 0 Å². The second-order valence-electron chi connectivity index (χ2n) is 7.31. The van der Waals surface area contributed by atoms with Crippen LogP contribution in [0.25, 0.3) is 10.8 Å². The summed E-state index contributed by atoms with van der Waals surface area (Å²) < 4.78 is 5.52. The van der Waals surface area contributed by atoms with Gasteiger partial charge in [-0.3, -0.25) is 0 Å². The number of rotatable bonds is 2. The van der Waals surface area contributed by atoms with Crippen LogP contribution in [0.2, 0.25) is 0 Å². The molecule has 4 rings (SSSR count). The maximum absolute atomic E-state index is 5.52. The van der Waals surface area contributed by atoms with Crippen molar-refractivity contribution in [3.8, 4) is 0 Å². The van der Waals surface area contributed by atoms with E-state index >= 15 is 0 Å². The Bertz CT molecular complexity index is 667. The van der Waals surface area contributed by atoms with Gasteiger partial charge in [-0.15, -0.1) is 0 Å². The molecule has 1 aliphatic heterocycles. The predicted molar refractivity (Wildman–Crippen MR) is 97.4 cm³/mol. The van der Waals surface area contributed by atoms with Crippen molar-refractivity contribution in [2.24, 2.45) is 5.92 Å². The highest BCUT2D eigenvalue weighted by molar-refractivity contribution is 5.95. The van der Waals surface area contributed by atoms with Crippen LogP contribution in [0.4, 0.5) is 5.69 Å². The summed E-state index contributed by atoms with van der Waals surface area (Å²) in [5.74, 6) is 1.67. The van der Waals surface area contributed by atoms with Gasteiger partial charge in [0, 0.05) is 24.2 Å². The smallest absolute Gasteiger partial charge is 0.0642 e. The van der Waals surface area contributed by atoms with E-state index in [4.69, 9.17) is 4.74 Å². The summed E-state index contributed by atoms with van der Waals surface area (Å²) in [4.78, 5) is 2.48. The van der Waals surface area contributed by atoms with Crippen LogP contribution in [0, 0.1) is 5.92 Å². The normalized spacial score (nSPS) is 25.7. The molecule has 1 heterocycles. The number of benzene rings is 2. The Labute approximate surface area is 139 Å². The molecule has 0 radical (unpaired) electrons. The molecular weight excluding hydrogens is 282 g/mol. The van der Waals surface area contributed by atoms with Crippen LogP contribution in [-0.4, -0.2) is 26.3 Å². The SMILES string of the molecule is CC1CCC(c2ccc3cccc(N4CCOCC4)c3c2)CC1. The minimum atomic E-state index is 0.758. The second kappa shape index (κ2) is 6.52. The molecule has 2 fully saturated rings. The van der Waals surface area contributed by atoms with Gasteiger partial charge in [0.1, 0.15) is 0 Å². The number of hydrogen-bond acceptors (Lipinski definition) is 2. The number of ether oxygens (including phenoxy) is 1. The lowest BCUT2D eigenvalue weighted by Gasteiger charge is -2.30. The molecule has 2 aliphatic rings. The first kappa shape index (κ1) is 15.0. The van der Waals surface area contributed by atoms with E-state index in [1.54, 1.807) is 5.56 Å². The summed E-state index contributed by atoms with van der Waals surface area (Å²) in [5.41, 5.74) is 2.93. The van der Waals surface area contributed by atoms with Crippen molar-refractivity contribution in [2.75, 3.05) is 31.2 Å². The molecule has 0 atom stereocenters. The van der Waals surface area contributed by atoms with Crippen LogP contribution in [0.5, 0.6) is 0 Å². The van der Waals surface area contributed by atoms with Crippen LogP contribution < -0.4 is 4.90 Å². The first-order valence-corrected chi connectivity index (χ1v) is 9.16.